The Morgan fingerprint density at radius 2 is 1.27 bits per heavy atom. The Labute approximate surface area is 297 Å². The summed E-state index contributed by atoms with van der Waals surface area (Å²) < 4.78 is 0. The Hall–Kier alpha value is -6.45. The van der Waals surface area contributed by atoms with Gasteiger partial charge in [-0.2, -0.15) is 0 Å². The van der Waals surface area contributed by atoms with Crippen molar-refractivity contribution in [2.45, 2.75) is 19.3 Å². The Bertz CT molecular complexity index is 2730. The minimum absolute atomic E-state index is 0.165. The quantitative estimate of drug-likeness (QED) is 0.178. The Morgan fingerprint density at radius 1 is 0.608 bits per heavy atom. The summed E-state index contributed by atoms with van der Waals surface area (Å²) in [5.41, 5.74) is 12.4. The molecular weight excluding hydrogens is 619 g/mol. The minimum Gasteiger partial charge on any atom is -0.300 e. The number of hydrogen-bond acceptors (Lipinski definition) is 3. The van der Waals surface area contributed by atoms with Gasteiger partial charge in [-0.3, -0.25) is 9.98 Å². The van der Waals surface area contributed by atoms with Crippen LogP contribution in [0.4, 0.5) is 0 Å². The second-order valence-corrected chi connectivity index (χ2v) is 13.8. The molecule has 242 valence electrons. The molecule has 0 fully saturated rings. The largest absolute Gasteiger partial charge is 0.300 e. The van der Waals surface area contributed by atoms with Crippen molar-refractivity contribution in [3.63, 3.8) is 0 Å². The van der Waals surface area contributed by atoms with Crippen LogP contribution in [-0.4, -0.2) is 16.9 Å². The number of nitrogens with one attached hydrogen (secondary N) is 1. The average Bonchev–Trinajstić information content (AvgIpc) is 3.40. The molecule has 1 N–H and O–H groups in total. The molecule has 0 bridgehead atoms. The van der Waals surface area contributed by atoms with Crippen LogP contribution in [0.3, 0.4) is 0 Å². The van der Waals surface area contributed by atoms with Gasteiger partial charge in [-0.25, -0.2) is 0 Å². The van der Waals surface area contributed by atoms with Crippen molar-refractivity contribution in [2.75, 3.05) is 0 Å². The van der Waals surface area contributed by atoms with Gasteiger partial charge in [0.25, 0.3) is 0 Å². The molecule has 0 unspecified atom stereocenters. The van der Waals surface area contributed by atoms with Crippen molar-refractivity contribution in [2.24, 2.45) is 4.99 Å². The molecule has 51 heavy (non-hydrogen) atoms. The SMILES string of the molecule is CC1(C)c2cc3ccccc3cc2-c2cccc(-c3ccc(C=N/C(=C\C(=N)c4ccccc4)c4cccc5cccnc45)c4ccccc34)c21. The molecule has 9 rings (SSSR count). The molecule has 0 saturated heterocycles. The number of allylic oxidation sites excluding steroid dienone is 1. The molecule has 3 heteroatoms. The van der Waals surface area contributed by atoms with E-state index < -0.39 is 0 Å². The van der Waals surface area contributed by atoms with Crippen LogP contribution in [0, 0.1) is 5.41 Å². The fourth-order valence-corrected chi connectivity index (χ4v) is 7.93. The molecule has 7 aromatic carbocycles. The number of benzene rings is 7. The zero-order valence-electron chi connectivity index (χ0n) is 28.6. The lowest BCUT2D eigenvalue weighted by molar-refractivity contribution is 0.663. The molecule has 1 aliphatic carbocycles. The molecule has 1 aromatic heterocycles. The van der Waals surface area contributed by atoms with Crippen molar-refractivity contribution in [1.82, 2.24) is 4.98 Å². The van der Waals surface area contributed by atoms with Gasteiger partial charge in [0.1, 0.15) is 0 Å². The lowest BCUT2D eigenvalue weighted by Gasteiger charge is -2.25. The molecule has 1 heterocycles. The summed E-state index contributed by atoms with van der Waals surface area (Å²) in [4.78, 5) is 9.84. The van der Waals surface area contributed by atoms with Crippen LogP contribution in [0.1, 0.15) is 41.7 Å². The molecular formula is C48H35N3. The maximum Gasteiger partial charge on any atom is 0.0795 e. The van der Waals surface area contributed by atoms with Crippen molar-refractivity contribution in [1.29, 1.82) is 5.41 Å². The first kappa shape index (κ1) is 30.6. The number of fused-ring (bicyclic) bond motifs is 6. The maximum atomic E-state index is 8.97. The van der Waals surface area contributed by atoms with E-state index in [2.05, 4.69) is 117 Å². The number of hydrogen-bond donors (Lipinski definition) is 1. The van der Waals surface area contributed by atoms with E-state index >= 15 is 0 Å². The van der Waals surface area contributed by atoms with E-state index in [0.29, 0.717) is 11.4 Å². The maximum absolute atomic E-state index is 8.97. The van der Waals surface area contributed by atoms with Crippen LogP contribution >= 0.6 is 0 Å². The second kappa shape index (κ2) is 12.2. The molecule has 1 aliphatic rings. The van der Waals surface area contributed by atoms with Gasteiger partial charge in [-0.05, 0) is 84.8 Å². The lowest BCUT2D eigenvalue weighted by Crippen LogP contribution is -2.16. The van der Waals surface area contributed by atoms with Gasteiger partial charge in [0.15, 0.2) is 0 Å². The second-order valence-electron chi connectivity index (χ2n) is 13.8. The smallest absolute Gasteiger partial charge is 0.0795 e. The molecule has 0 spiro atoms. The van der Waals surface area contributed by atoms with Crippen LogP contribution in [0.5, 0.6) is 0 Å². The normalized spacial score (nSPS) is 13.6. The predicted octanol–water partition coefficient (Wildman–Crippen LogP) is 12.0. The highest BCUT2D eigenvalue weighted by atomic mass is 14.8. The van der Waals surface area contributed by atoms with Gasteiger partial charge in [-0.15, -0.1) is 0 Å². The molecule has 0 amide bonds. The Kier molecular flexibility index (Phi) is 7.29. The minimum atomic E-state index is -0.165. The number of aliphatic imine (C=N–C) groups is 1. The van der Waals surface area contributed by atoms with Crippen LogP contribution < -0.4 is 0 Å². The fourth-order valence-electron chi connectivity index (χ4n) is 7.93. The van der Waals surface area contributed by atoms with E-state index in [-0.39, 0.29) is 5.41 Å². The Morgan fingerprint density at radius 3 is 2.10 bits per heavy atom. The van der Waals surface area contributed by atoms with Gasteiger partial charge < -0.3 is 5.41 Å². The number of aromatic nitrogens is 1. The zero-order valence-corrected chi connectivity index (χ0v) is 28.6. The monoisotopic (exact) mass is 653 g/mol. The molecule has 0 radical (unpaired) electrons. The standard InChI is InChI=1S/C48H35N3/c1-48(2)43-28-34-16-7-6-15-33(34)27-42(43)40-22-11-21-39(46(40)48)38-25-24-35(36-19-8-9-20-37(36)38)30-51-45(29-44(49)31-13-4-3-5-14-31)41-23-10-17-32-18-12-26-50-47(32)41/h3-30,49H,1-2H3/b45-29-,49-44?,51-30?. The van der Waals surface area contributed by atoms with E-state index in [1.54, 1.807) is 0 Å². The highest BCUT2D eigenvalue weighted by molar-refractivity contribution is 6.13. The summed E-state index contributed by atoms with van der Waals surface area (Å²) in [5, 5.41) is 14.9. The third-order valence-corrected chi connectivity index (χ3v) is 10.4. The summed E-state index contributed by atoms with van der Waals surface area (Å²) in [6, 6.07) is 53.2. The summed E-state index contributed by atoms with van der Waals surface area (Å²) >= 11 is 0. The molecule has 0 atom stereocenters. The molecule has 0 aliphatic heterocycles. The average molecular weight is 654 g/mol. The van der Waals surface area contributed by atoms with Crippen LogP contribution in [0.2, 0.25) is 0 Å². The van der Waals surface area contributed by atoms with Crippen LogP contribution in [0.15, 0.2) is 169 Å². The summed E-state index contributed by atoms with van der Waals surface area (Å²) in [7, 11) is 0. The first-order valence-corrected chi connectivity index (χ1v) is 17.4. The third-order valence-electron chi connectivity index (χ3n) is 10.4. The van der Waals surface area contributed by atoms with E-state index in [4.69, 9.17) is 15.4 Å². The van der Waals surface area contributed by atoms with Crippen molar-refractivity contribution in [3.8, 4) is 22.3 Å². The number of para-hydroxylation sites is 1. The summed E-state index contributed by atoms with van der Waals surface area (Å²) in [5.74, 6) is 0. The van der Waals surface area contributed by atoms with E-state index in [9.17, 15) is 0 Å². The van der Waals surface area contributed by atoms with Crippen molar-refractivity contribution < 1.29 is 0 Å². The first-order chi connectivity index (χ1) is 25.0. The third kappa shape index (κ3) is 5.17. The van der Waals surface area contributed by atoms with Crippen molar-refractivity contribution in [3.05, 3.63) is 192 Å². The number of rotatable bonds is 6. The molecule has 0 saturated carbocycles. The van der Waals surface area contributed by atoms with E-state index in [0.717, 1.165) is 33.0 Å². The predicted molar refractivity (Wildman–Crippen MR) is 215 cm³/mol. The first-order valence-electron chi connectivity index (χ1n) is 17.4. The molecule has 8 aromatic rings. The highest BCUT2D eigenvalue weighted by Crippen LogP contribution is 2.53. The summed E-state index contributed by atoms with van der Waals surface area (Å²) in [6.07, 6.45) is 5.60. The van der Waals surface area contributed by atoms with Crippen LogP contribution in [-0.2, 0) is 5.41 Å². The van der Waals surface area contributed by atoms with Crippen molar-refractivity contribution >= 4 is 50.1 Å². The highest BCUT2D eigenvalue weighted by Gasteiger charge is 2.38. The Balaban J connectivity index is 1.18. The zero-order chi connectivity index (χ0) is 34.5. The number of nitrogens with zero attached hydrogens (tertiary/aromatic N) is 2. The van der Waals surface area contributed by atoms with Crippen LogP contribution in [0.25, 0.3) is 60.4 Å². The van der Waals surface area contributed by atoms with E-state index in [1.807, 2.05) is 67.0 Å². The van der Waals surface area contributed by atoms with Gasteiger partial charge >= 0.3 is 0 Å². The molecule has 3 nitrogen and oxygen atoms in total. The van der Waals surface area contributed by atoms with E-state index in [1.165, 1.54) is 49.5 Å². The lowest BCUT2D eigenvalue weighted by atomic mass is 9.78. The van der Waals surface area contributed by atoms with Gasteiger partial charge in [-0.1, -0.05) is 147 Å². The summed E-state index contributed by atoms with van der Waals surface area (Å²) in [6.45, 7) is 4.73. The van der Waals surface area contributed by atoms with Gasteiger partial charge in [0, 0.05) is 34.3 Å². The topological polar surface area (TPSA) is 49.1 Å². The fraction of sp³-hybridized carbons (Fsp3) is 0.0625. The van der Waals surface area contributed by atoms with Gasteiger partial charge in [0.2, 0.25) is 0 Å². The number of pyridine rings is 1. The van der Waals surface area contributed by atoms with Gasteiger partial charge in [0.05, 0.1) is 16.9 Å².